The van der Waals surface area contributed by atoms with E-state index in [2.05, 4.69) is 19.9 Å². The number of hydrogen-bond donors (Lipinski definition) is 0. The van der Waals surface area contributed by atoms with Gasteiger partial charge in [0.25, 0.3) is 0 Å². The largest absolute Gasteiger partial charge is 0.338 e. The molecule has 0 spiro atoms. The first-order valence-corrected chi connectivity index (χ1v) is 6.81. The monoisotopic (exact) mass is 234 g/mol. The lowest BCUT2D eigenvalue weighted by Crippen LogP contribution is -2.48. The second kappa shape index (κ2) is 4.68. The molecule has 2 rings (SSSR count). The van der Waals surface area contributed by atoms with Crippen molar-refractivity contribution in [2.45, 2.75) is 58.4 Å². The minimum absolute atomic E-state index is 0.120. The summed E-state index contributed by atoms with van der Waals surface area (Å²) in [5.41, 5.74) is -0.653. The van der Waals surface area contributed by atoms with Crippen molar-refractivity contribution in [2.75, 3.05) is 6.54 Å². The smallest absolute Gasteiger partial charge is 0.243 e. The Labute approximate surface area is 104 Å². The molecule has 3 heteroatoms. The molecule has 0 N–H and O–H groups in total. The van der Waals surface area contributed by atoms with Gasteiger partial charge in [-0.1, -0.05) is 13.8 Å². The zero-order chi connectivity index (χ0) is 12.5. The number of carbonyl (C=O) groups is 1. The van der Waals surface area contributed by atoms with Crippen LogP contribution in [-0.4, -0.2) is 23.4 Å². The lowest BCUT2D eigenvalue weighted by atomic mass is 9.69. The van der Waals surface area contributed by atoms with E-state index in [4.69, 9.17) is 0 Å². The highest BCUT2D eigenvalue weighted by atomic mass is 16.2. The summed E-state index contributed by atoms with van der Waals surface area (Å²) in [6.07, 6.45) is 5.88. The molecule has 17 heavy (non-hydrogen) atoms. The third-order valence-electron chi connectivity index (χ3n) is 4.03. The topological polar surface area (TPSA) is 44.1 Å². The normalized spacial score (nSPS) is 21.8. The van der Waals surface area contributed by atoms with Crippen LogP contribution < -0.4 is 0 Å². The van der Waals surface area contributed by atoms with E-state index in [1.54, 1.807) is 0 Å². The van der Waals surface area contributed by atoms with Gasteiger partial charge in [0, 0.05) is 12.6 Å². The number of rotatable bonds is 5. The number of carbonyl (C=O) groups excluding carboxylic acids is 1. The van der Waals surface area contributed by atoms with Crippen LogP contribution in [-0.2, 0) is 4.79 Å². The van der Waals surface area contributed by atoms with Crippen molar-refractivity contribution in [2.24, 2.45) is 11.3 Å². The molecular formula is C14H22N2O. The maximum atomic E-state index is 12.5. The van der Waals surface area contributed by atoms with Gasteiger partial charge in [0.05, 0.1) is 6.07 Å². The molecule has 0 aromatic carbocycles. The first kappa shape index (κ1) is 12.4. The fourth-order valence-corrected chi connectivity index (χ4v) is 2.41. The molecule has 0 atom stereocenters. The molecule has 0 aliphatic heterocycles. The van der Waals surface area contributed by atoms with Gasteiger partial charge in [-0.2, -0.15) is 5.26 Å². The van der Waals surface area contributed by atoms with Crippen LogP contribution in [0.3, 0.4) is 0 Å². The molecule has 0 radical (unpaired) electrons. The van der Waals surface area contributed by atoms with Gasteiger partial charge in [0.1, 0.15) is 5.41 Å². The van der Waals surface area contributed by atoms with Crippen molar-refractivity contribution in [3.8, 4) is 6.07 Å². The lowest BCUT2D eigenvalue weighted by molar-refractivity contribution is -0.143. The summed E-state index contributed by atoms with van der Waals surface area (Å²) in [7, 11) is 0. The van der Waals surface area contributed by atoms with E-state index in [-0.39, 0.29) is 5.91 Å². The van der Waals surface area contributed by atoms with Crippen LogP contribution in [0, 0.1) is 22.7 Å². The van der Waals surface area contributed by atoms with Crippen LogP contribution in [0.2, 0.25) is 0 Å². The zero-order valence-electron chi connectivity index (χ0n) is 10.9. The first-order valence-electron chi connectivity index (χ1n) is 6.81. The predicted octanol–water partition coefficient (Wildman–Crippen LogP) is 2.72. The minimum Gasteiger partial charge on any atom is -0.338 e. The van der Waals surface area contributed by atoms with Crippen LogP contribution >= 0.6 is 0 Å². The van der Waals surface area contributed by atoms with Gasteiger partial charge < -0.3 is 4.90 Å². The average Bonchev–Trinajstić information content (AvgIpc) is 3.01. The number of amides is 1. The van der Waals surface area contributed by atoms with E-state index in [9.17, 15) is 10.1 Å². The Bertz CT molecular complexity index is 335. The number of hydrogen-bond acceptors (Lipinski definition) is 2. The molecule has 0 bridgehead atoms. The molecule has 2 fully saturated rings. The van der Waals surface area contributed by atoms with Crippen molar-refractivity contribution in [1.29, 1.82) is 5.26 Å². The Kier molecular flexibility index (Phi) is 3.42. The van der Waals surface area contributed by atoms with E-state index in [0.717, 1.165) is 45.1 Å². The molecule has 94 valence electrons. The standard InChI is InChI=1S/C14H22N2O/c1-11(2)6-9-16(12-4-5-12)13(17)14(10-15)7-3-8-14/h11-12H,3-9H2,1-2H3. The van der Waals surface area contributed by atoms with Gasteiger partial charge >= 0.3 is 0 Å². The maximum Gasteiger partial charge on any atom is 0.243 e. The Morgan fingerprint density at radius 2 is 2.12 bits per heavy atom. The van der Waals surface area contributed by atoms with Crippen molar-refractivity contribution < 1.29 is 4.79 Å². The van der Waals surface area contributed by atoms with Gasteiger partial charge in [-0.25, -0.2) is 0 Å². The summed E-state index contributed by atoms with van der Waals surface area (Å²) in [4.78, 5) is 14.5. The van der Waals surface area contributed by atoms with Gasteiger partial charge in [-0.15, -0.1) is 0 Å². The van der Waals surface area contributed by atoms with Crippen LogP contribution in [0.5, 0.6) is 0 Å². The summed E-state index contributed by atoms with van der Waals surface area (Å²) in [6, 6.07) is 2.71. The summed E-state index contributed by atoms with van der Waals surface area (Å²) in [6.45, 7) is 5.20. The van der Waals surface area contributed by atoms with E-state index in [1.165, 1.54) is 0 Å². The molecule has 3 nitrogen and oxygen atoms in total. The predicted molar refractivity (Wildman–Crippen MR) is 66.1 cm³/mol. The first-order chi connectivity index (χ1) is 8.09. The third kappa shape index (κ3) is 2.46. The molecule has 2 aliphatic carbocycles. The summed E-state index contributed by atoms with van der Waals surface area (Å²) in [5.74, 6) is 0.734. The maximum absolute atomic E-state index is 12.5. The van der Waals surface area contributed by atoms with Crippen LogP contribution in [0.4, 0.5) is 0 Å². The number of nitrogens with zero attached hydrogens (tertiary/aromatic N) is 2. The Hall–Kier alpha value is -1.04. The van der Waals surface area contributed by atoms with E-state index in [0.29, 0.717) is 12.0 Å². The van der Waals surface area contributed by atoms with Gasteiger partial charge in [-0.3, -0.25) is 4.79 Å². The van der Waals surface area contributed by atoms with E-state index >= 15 is 0 Å². The fourth-order valence-electron chi connectivity index (χ4n) is 2.41. The Morgan fingerprint density at radius 1 is 1.47 bits per heavy atom. The highest BCUT2D eigenvalue weighted by Gasteiger charge is 2.49. The molecule has 1 amide bonds. The molecule has 0 aromatic rings. The fraction of sp³-hybridized carbons (Fsp3) is 0.857. The summed E-state index contributed by atoms with van der Waals surface area (Å²) in [5, 5.41) is 9.24. The highest BCUT2D eigenvalue weighted by molar-refractivity contribution is 5.87. The van der Waals surface area contributed by atoms with Crippen molar-refractivity contribution in [1.82, 2.24) is 4.90 Å². The molecule has 2 saturated carbocycles. The summed E-state index contributed by atoms with van der Waals surface area (Å²) >= 11 is 0. The second-order valence-electron chi connectivity index (χ2n) is 5.96. The minimum atomic E-state index is -0.653. The third-order valence-corrected chi connectivity index (χ3v) is 4.03. The van der Waals surface area contributed by atoms with Gasteiger partial charge in [-0.05, 0) is 44.4 Å². The SMILES string of the molecule is CC(C)CCN(C(=O)C1(C#N)CCC1)C1CC1. The number of nitriles is 1. The molecule has 0 unspecified atom stereocenters. The van der Waals surface area contributed by atoms with Gasteiger partial charge in [0.15, 0.2) is 0 Å². The van der Waals surface area contributed by atoms with E-state index < -0.39 is 5.41 Å². The lowest BCUT2D eigenvalue weighted by Gasteiger charge is -2.38. The Balaban J connectivity index is 2.00. The molecular weight excluding hydrogens is 212 g/mol. The molecule has 0 heterocycles. The zero-order valence-corrected chi connectivity index (χ0v) is 10.9. The highest BCUT2D eigenvalue weighted by Crippen LogP contribution is 2.44. The van der Waals surface area contributed by atoms with Gasteiger partial charge in [0.2, 0.25) is 5.91 Å². The van der Waals surface area contributed by atoms with Crippen LogP contribution in [0.25, 0.3) is 0 Å². The molecule has 2 aliphatic rings. The van der Waals surface area contributed by atoms with E-state index in [1.807, 2.05) is 4.90 Å². The second-order valence-corrected chi connectivity index (χ2v) is 5.96. The Morgan fingerprint density at radius 3 is 2.47 bits per heavy atom. The molecule has 0 aromatic heterocycles. The van der Waals surface area contributed by atoms with Crippen LogP contribution in [0.15, 0.2) is 0 Å². The van der Waals surface area contributed by atoms with Crippen LogP contribution in [0.1, 0.15) is 52.4 Å². The average molecular weight is 234 g/mol. The summed E-state index contributed by atoms with van der Waals surface area (Å²) < 4.78 is 0. The van der Waals surface area contributed by atoms with Crippen molar-refractivity contribution in [3.63, 3.8) is 0 Å². The van der Waals surface area contributed by atoms with Crippen molar-refractivity contribution in [3.05, 3.63) is 0 Å². The van der Waals surface area contributed by atoms with Crippen molar-refractivity contribution >= 4 is 5.91 Å². The molecule has 0 saturated heterocycles. The quantitative estimate of drug-likeness (QED) is 0.734.